The number of imidazole rings is 1. The number of aromatic nitrogens is 4. The molecular formula is C24H27N7O4. The van der Waals surface area contributed by atoms with Crippen molar-refractivity contribution >= 4 is 33.7 Å². The van der Waals surface area contributed by atoms with Crippen LogP contribution >= 0.6 is 0 Å². The summed E-state index contributed by atoms with van der Waals surface area (Å²) in [4.78, 5) is 25.7. The SMILES string of the molecule is CCNC(=O)C1OC(n2cnc3c(NCc4cccc5ccccc45)nc(CN)nc32)C(O)C1O. The van der Waals surface area contributed by atoms with E-state index in [1.807, 2.05) is 24.3 Å². The highest BCUT2D eigenvalue weighted by Crippen LogP contribution is 2.33. The molecule has 1 amide bonds. The lowest BCUT2D eigenvalue weighted by molar-refractivity contribution is -0.137. The Morgan fingerprint density at radius 1 is 1.14 bits per heavy atom. The normalized spacial score (nSPS) is 22.1. The first kappa shape index (κ1) is 23.1. The van der Waals surface area contributed by atoms with E-state index >= 15 is 0 Å². The lowest BCUT2D eigenvalue weighted by Crippen LogP contribution is -2.42. The Kier molecular flexibility index (Phi) is 6.31. The third-order valence-electron chi connectivity index (χ3n) is 6.10. The van der Waals surface area contributed by atoms with E-state index in [4.69, 9.17) is 10.5 Å². The zero-order valence-corrected chi connectivity index (χ0v) is 19.1. The molecule has 1 fully saturated rings. The second-order valence-electron chi connectivity index (χ2n) is 8.33. The number of aliphatic hydroxyl groups is 2. The van der Waals surface area contributed by atoms with Gasteiger partial charge in [0, 0.05) is 13.1 Å². The van der Waals surface area contributed by atoms with Crippen LogP contribution in [0.1, 0.15) is 24.5 Å². The molecule has 0 saturated carbocycles. The lowest BCUT2D eigenvalue weighted by Gasteiger charge is -2.17. The highest BCUT2D eigenvalue weighted by Gasteiger charge is 2.47. The van der Waals surface area contributed by atoms with Crippen LogP contribution < -0.4 is 16.4 Å². The number of aliphatic hydroxyl groups excluding tert-OH is 2. The summed E-state index contributed by atoms with van der Waals surface area (Å²) in [6.45, 7) is 2.71. The van der Waals surface area contributed by atoms with Crippen LogP contribution in [0.4, 0.5) is 5.82 Å². The first-order valence-corrected chi connectivity index (χ1v) is 11.4. The summed E-state index contributed by atoms with van der Waals surface area (Å²) >= 11 is 0. The monoisotopic (exact) mass is 477 g/mol. The zero-order chi connectivity index (χ0) is 24.5. The molecular weight excluding hydrogens is 450 g/mol. The second-order valence-corrected chi connectivity index (χ2v) is 8.33. The van der Waals surface area contributed by atoms with Crippen molar-refractivity contribution in [3.8, 4) is 0 Å². The molecule has 0 bridgehead atoms. The minimum Gasteiger partial charge on any atom is -0.387 e. The Bertz CT molecular complexity index is 1370. The van der Waals surface area contributed by atoms with E-state index in [-0.39, 0.29) is 6.54 Å². The van der Waals surface area contributed by atoms with Gasteiger partial charge >= 0.3 is 0 Å². The van der Waals surface area contributed by atoms with E-state index in [0.717, 1.165) is 16.3 Å². The Balaban J connectivity index is 1.47. The third kappa shape index (κ3) is 4.19. The van der Waals surface area contributed by atoms with Gasteiger partial charge in [0.05, 0.1) is 12.9 Å². The van der Waals surface area contributed by atoms with Gasteiger partial charge in [0.15, 0.2) is 29.3 Å². The van der Waals surface area contributed by atoms with E-state index < -0.39 is 30.4 Å². The van der Waals surface area contributed by atoms with Crippen LogP contribution in [-0.4, -0.2) is 60.5 Å². The molecule has 11 nitrogen and oxygen atoms in total. The van der Waals surface area contributed by atoms with E-state index in [9.17, 15) is 15.0 Å². The summed E-state index contributed by atoms with van der Waals surface area (Å²) in [6, 6.07) is 14.2. The molecule has 3 heterocycles. The number of fused-ring (bicyclic) bond motifs is 2. The van der Waals surface area contributed by atoms with Gasteiger partial charge in [0.2, 0.25) is 0 Å². The number of ether oxygens (including phenoxy) is 1. The van der Waals surface area contributed by atoms with Crippen molar-refractivity contribution in [3.63, 3.8) is 0 Å². The summed E-state index contributed by atoms with van der Waals surface area (Å²) < 4.78 is 7.23. The molecule has 2 aromatic carbocycles. The molecule has 1 saturated heterocycles. The van der Waals surface area contributed by atoms with Crippen molar-refractivity contribution in [1.29, 1.82) is 0 Å². The number of hydrogen-bond acceptors (Lipinski definition) is 9. The summed E-state index contributed by atoms with van der Waals surface area (Å²) in [5.74, 6) is 0.351. The fraction of sp³-hybridized carbons (Fsp3) is 0.333. The van der Waals surface area contributed by atoms with Crippen LogP contribution in [0.2, 0.25) is 0 Å². The standard InChI is InChI=1S/C24H27N7O4/c1-2-26-23(34)20-18(32)19(33)24(35-20)31-12-28-17-21(29-16(10-25)30-22(17)31)27-11-14-8-5-7-13-6-3-4-9-15(13)14/h3-9,12,18-20,24,32-33H,2,10-11,25H2,1H3,(H,26,34)(H,27,29,30). The Hall–Kier alpha value is -3.64. The van der Waals surface area contributed by atoms with Gasteiger partial charge in [0.25, 0.3) is 5.91 Å². The molecule has 2 aromatic heterocycles. The highest BCUT2D eigenvalue weighted by molar-refractivity contribution is 5.87. The number of benzene rings is 2. The van der Waals surface area contributed by atoms with Gasteiger partial charge in [-0.3, -0.25) is 9.36 Å². The number of likely N-dealkylation sites (N-methyl/N-ethyl adjacent to an activating group) is 1. The average molecular weight is 478 g/mol. The van der Waals surface area contributed by atoms with Crippen LogP contribution in [0.15, 0.2) is 48.8 Å². The number of anilines is 1. The van der Waals surface area contributed by atoms with Crippen LogP contribution in [0.25, 0.3) is 21.9 Å². The van der Waals surface area contributed by atoms with Gasteiger partial charge in [-0.05, 0) is 23.3 Å². The highest BCUT2D eigenvalue weighted by atomic mass is 16.6. The maximum Gasteiger partial charge on any atom is 0.252 e. The molecule has 5 rings (SSSR count). The van der Waals surface area contributed by atoms with Crippen LogP contribution in [0.3, 0.4) is 0 Å². The summed E-state index contributed by atoms with van der Waals surface area (Å²) in [7, 11) is 0. The van der Waals surface area contributed by atoms with Crippen molar-refractivity contribution < 1.29 is 19.7 Å². The van der Waals surface area contributed by atoms with E-state index in [2.05, 4.69) is 43.8 Å². The Morgan fingerprint density at radius 2 is 1.94 bits per heavy atom. The number of nitrogens with two attached hydrogens (primary N) is 1. The molecule has 182 valence electrons. The van der Waals surface area contributed by atoms with E-state index in [0.29, 0.717) is 35.9 Å². The van der Waals surface area contributed by atoms with Gasteiger partial charge in [-0.2, -0.15) is 0 Å². The largest absolute Gasteiger partial charge is 0.387 e. The first-order valence-electron chi connectivity index (χ1n) is 11.4. The summed E-state index contributed by atoms with van der Waals surface area (Å²) in [5.41, 5.74) is 7.76. The maximum absolute atomic E-state index is 12.3. The van der Waals surface area contributed by atoms with Gasteiger partial charge in [-0.1, -0.05) is 42.5 Å². The fourth-order valence-corrected chi connectivity index (χ4v) is 4.37. The second kappa shape index (κ2) is 9.55. The van der Waals surface area contributed by atoms with Crippen molar-refractivity contribution in [3.05, 3.63) is 60.2 Å². The molecule has 1 aliphatic rings. The zero-order valence-electron chi connectivity index (χ0n) is 19.1. The number of carbonyl (C=O) groups excluding carboxylic acids is 1. The Morgan fingerprint density at radius 3 is 2.74 bits per heavy atom. The van der Waals surface area contributed by atoms with Gasteiger partial charge < -0.3 is 31.3 Å². The van der Waals surface area contributed by atoms with Crippen LogP contribution in [0.5, 0.6) is 0 Å². The van der Waals surface area contributed by atoms with Crippen LogP contribution in [-0.2, 0) is 22.6 Å². The number of hydrogen-bond donors (Lipinski definition) is 5. The summed E-state index contributed by atoms with van der Waals surface area (Å²) in [6.07, 6.45) is -3.59. The molecule has 0 radical (unpaired) electrons. The van der Waals surface area contributed by atoms with Gasteiger partial charge in [-0.25, -0.2) is 15.0 Å². The predicted molar refractivity (Wildman–Crippen MR) is 129 cm³/mol. The van der Waals surface area contributed by atoms with Crippen LogP contribution in [0, 0.1) is 0 Å². The third-order valence-corrected chi connectivity index (χ3v) is 6.10. The number of amides is 1. The van der Waals surface area contributed by atoms with Crippen molar-refractivity contribution in [1.82, 2.24) is 24.8 Å². The molecule has 4 unspecified atom stereocenters. The fourth-order valence-electron chi connectivity index (χ4n) is 4.37. The van der Waals surface area contributed by atoms with E-state index in [1.165, 1.54) is 10.9 Å². The number of nitrogens with one attached hydrogen (secondary N) is 2. The number of rotatable bonds is 7. The molecule has 0 spiro atoms. The molecule has 35 heavy (non-hydrogen) atoms. The molecule has 4 atom stereocenters. The summed E-state index contributed by atoms with van der Waals surface area (Å²) in [5, 5.41) is 29.3. The quantitative estimate of drug-likeness (QED) is 0.259. The lowest BCUT2D eigenvalue weighted by atomic mass is 10.0. The Labute approximate surface area is 201 Å². The predicted octanol–water partition coefficient (Wildman–Crippen LogP) is 0.806. The number of nitrogens with zero attached hydrogens (tertiary/aromatic N) is 4. The van der Waals surface area contributed by atoms with Crippen molar-refractivity contribution in [2.45, 2.75) is 44.6 Å². The molecule has 1 aliphatic heterocycles. The van der Waals surface area contributed by atoms with Gasteiger partial charge in [0.1, 0.15) is 18.0 Å². The topological polar surface area (TPSA) is 160 Å². The van der Waals surface area contributed by atoms with E-state index in [1.54, 1.807) is 6.92 Å². The molecule has 6 N–H and O–H groups in total. The minimum atomic E-state index is -1.40. The molecule has 4 aromatic rings. The minimum absolute atomic E-state index is 0.0856. The first-order chi connectivity index (χ1) is 17.0. The average Bonchev–Trinajstić information content (AvgIpc) is 3.43. The molecule has 0 aliphatic carbocycles. The van der Waals surface area contributed by atoms with Crippen molar-refractivity contribution in [2.24, 2.45) is 5.73 Å². The van der Waals surface area contributed by atoms with Crippen molar-refractivity contribution in [2.75, 3.05) is 11.9 Å². The van der Waals surface area contributed by atoms with Gasteiger partial charge in [-0.15, -0.1) is 0 Å². The maximum atomic E-state index is 12.3. The smallest absolute Gasteiger partial charge is 0.252 e. The number of carbonyl (C=O) groups is 1. The molecule has 11 heteroatoms.